The Morgan fingerprint density at radius 3 is 2.31 bits per heavy atom. The number of carbonyl (C=O) groups is 2. The number of aryl methyl sites for hydroxylation is 2. The van der Waals surface area contributed by atoms with Gasteiger partial charge in [-0.05, 0) is 85.2 Å². The van der Waals surface area contributed by atoms with Crippen molar-refractivity contribution in [3.63, 3.8) is 0 Å². The predicted octanol–water partition coefficient (Wildman–Crippen LogP) is 3.92. The fraction of sp³-hybridized carbons (Fsp3) is 0.394. The Bertz CT molecular complexity index is 1370. The Labute approximate surface area is 245 Å². The van der Waals surface area contributed by atoms with Crippen LogP contribution in [0.15, 0.2) is 60.7 Å². The number of hydrogen-bond acceptors (Lipinski definition) is 5. The van der Waals surface area contributed by atoms with Gasteiger partial charge in [-0.1, -0.05) is 31.2 Å². The molecule has 1 saturated heterocycles. The highest BCUT2D eigenvalue weighted by molar-refractivity contribution is 6.00. The van der Waals surface area contributed by atoms with Gasteiger partial charge < -0.3 is 25.7 Å². The quantitative estimate of drug-likeness (QED) is 0.276. The van der Waals surface area contributed by atoms with Crippen LogP contribution in [0.4, 0.5) is 8.78 Å². The third kappa shape index (κ3) is 8.67. The number of aliphatic hydroxyl groups excluding tert-OH is 2. The monoisotopic (exact) mass is 579 g/mol. The van der Waals surface area contributed by atoms with E-state index in [0.29, 0.717) is 49.2 Å². The lowest BCUT2D eigenvalue weighted by Gasteiger charge is -2.30. The third-order valence-electron chi connectivity index (χ3n) is 7.58. The first-order chi connectivity index (χ1) is 20.1. The molecule has 224 valence electrons. The van der Waals surface area contributed by atoms with Gasteiger partial charge >= 0.3 is 0 Å². The zero-order chi connectivity index (χ0) is 30.2. The van der Waals surface area contributed by atoms with Crippen molar-refractivity contribution in [2.24, 2.45) is 0 Å². The second-order valence-corrected chi connectivity index (χ2v) is 11.0. The summed E-state index contributed by atoms with van der Waals surface area (Å²) in [5, 5.41) is 27.0. The minimum atomic E-state index is -1.08. The Hall–Kier alpha value is -3.66. The van der Waals surface area contributed by atoms with E-state index >= 15 is 0 Å². The summed E-state index contributed by atoms with van der Waals surface area (Å²) in [6, 6.07) is 15.2. The summed E-state index contributed by atoms with van der Waals surface area (Å²) in [5.41, 5.74) is 3.85. The maximum Gasteiger partial charge on any atom is 0.253 e. The van der Waals surface area contributed by atoms with Gasteiger partial charge in [0.25, 0.3) is 11.8 Å². The van der Waals surface area contributed by atoms with Crippen molar-refractivity contribution in [3.8, 4) is 0 Å². The van der Waals surface area contributed by atoms with Crippen LogP contribution < -0.4 is 10.6 Å². The van der Waals surface area contributed by atoms with E-state index in [1.165, 1.54) is 23.8 Å². The molecule has 0 aromatic heterocycles. The summed E-state index contributed by atoms with van der Waals surface area (Å²) in [7, 11) is 0. The van der Waals surface area contributed by atoms with Gasteiger partial charge in [0.1, 0.15) is 11.6 Å². The number of piperidine rings is 1. The van der Waals surface area contributed by atoms with E-state index in [9.17, 15) is 28.6 Å². The highest BCUT2D eigenvalue weighted by atomic mass is 19.1. The Balaban J connectivity index is 1.49. The summed E-state index contributed by atoms with van der Waals surface area (Å²) in [4.78, 5) is 28.2. The smallest absolute Gasteiger partial charge is 0.253 e. The predicted molar refractivity (Wildman–Crippen MR) is 157 cm³/mol. The molecule has 9 heteroatoms. The molecular weight excluding hydrogens is 540 g/mol. The summed E-state index contributed by atoms with van der Waals surface area (Å²) >= 11 is 0. The van der Waals surface area contributed by atoms with Gasteiger partial charge in [-0.3, -0.25) is 9.59 Å². The topological polar surface area (TPSA) is 102 Å². The summed E-state index contributed by atoms with van der Waals surface area (Å²) in [6.07, 6.45) is 0.399. The molecule has 4 N–H and O–H groups in total. The Kier molecular flexibility index (Phi) is 10.8. The number of carbonyl (C=O) groups excluding carboxylic acids is 2. The summed E-state index contributed by atoms with van der Waals surface area (Å²) in [6.45, 7) is 5.35. The number of nitrogens with zero attached hydrogens (tertiary/aromatic N) is 1. The van der Waals surface area contributed by atoms with Gasteiger partial charge in [0.05, 0.1) is 18.2 Å². The molecule has 1 heterocycles. The highest BCUT2D eigenvalue weighted by Gasteiger charge is 2.26. The van der Waals surface area contributed by atoms with E-state index in [1.807, 2.05) is 18.2 Å². The normalized spacial score (nSPS) is 15.3. The van der Waals surface area contributed by atoms with Crippen LogP contribution in [0.1, 0.15) is 62.7 Å². The largest absolute Gasteiger partial charge is 0.393 e. The fourth-order valence-corrected chi connectivity index (χ4v) is 5.27. The molecule has 0 unspecified atom stereocenters. The number of benzene rings is 3. The van der Waals surface area contributed by atoms with Crippen LogP contribution in [0.2, 0.25) is 0 Å². The van der Waals surface area contributed by atoms with Gasteiger partial charge in [0.2, 0.25) is 0 Å². The maximum absolute atomic E-state index is 13.9. The molecule has 0 bridgehead atoms. The van der Waals surface area contributed by atoms with Crippen molar-refractivity contribution in [2.75, 3.05) is 19.6 Å². The first kappa shape index (κ1) is 31.3. The van der Waals surface area contributed by atoms with Crippen molar-refractivity contribution in [2.45, 2.75) is 64.3 Å². The van der Waals surface area contributed by atoms with Crippen LogP contribution in [0, 0.1) is 18.6 Å². The zero-order valence-corrected chi connectivity index (χ0v) is 24.1. The van der Waals surface area contributed by atoms with Gasteiger partial charge in [0, 0.05) is 43.4 Å². The maximum atomic E-state index is 13.9. The zero-order valence-electron chi connectivity index (χ0n) is 24.1. The van der Waals surface area contributed by atoms with Crippen molar-refractivity contribution in [1.82, 2.24) is 15.5 Å². The van der Waals surface area contributed by atoms with E-state index in [0.717, 1.165) is 18.1 Å². The SMILES string of the molecule is CCc1cccc(CNC[C@H](O)[C@H](Cc2cc(F)cc(F)c2)NC(=O)c2cc(C)cc(C(=O)N3CCC(O)CC3)c2)c1. The van der Waals surface area contributed by atoms with Gasteiger partial charge in [-0.15, -0.1) is 0 Å². The van der Waals surface area contributed by atoms with E-state index in [1.54, 1.807) is 24.0 Å². The number of halogens is 2. The molecule has 7 nitrogen and oxygen atoms in total. The van der Waals surface area contributed by atoms with Crippen molar-refractivity contribution < 1.29 is 28.6 Å². The minimum Gasteiger partial charge on any atom is -0.393 e. The minimum absolute atomic E-state index is 0.0116. The molecule has 3 aromatic carbocycles. The first-order valence-electron chi connectivity index (χ1n) is 14.4. The van der Waals surface area contributed by atoms with E-state index in [2.05, 4.69) is 23.6 Å². The molecule has 1 fully saturated rings. The Morgan fingerprint density at radius 2 is 1.62 bits per heavy atom. The van der Waals surface area contributed by atoms with Gasteiger partial charge in [-0.25, -0.2) is 8.78 Å². The Morgan fingerprint density at radius 1 is 0.952 bits per heavy atom. The molecular formula is C33H39F2N3O4. The van der Waals surface area contributed by atoms with Crippen molar-refractivity contribution in [1.29, 1.82) is 0 Å². The van der Waals surface area contributed by atoms with Crippen LogP contribution >= 0.6 is 0 Å². The average Bonchev–Trinajstić information content (AvgIpc) is 2.96. The molecule has 0 spiro atoms. The van der Waals surface area contributed by atoms with Crippen LogP contribution in [0.5, 0.6) is 0 Å². The van der Waals surface area contributed by atoms with Crippen molar-refractivity contribution >= 4 is 11.8 Å². The molecule has 42 heavy (non-hydrogen) atoms. The summed E-state index contributed by atoms with van der Waals surface area (Å²) < 4.78 is 27.9. The molecule has 0 saturated carbocycles. The highest BCUT2D eigenvalue weighted by Crippen LogP contribution is 2.18. The number of hydrogen-bond donors (Lipinski definition) is 4. The van der Waals surface area contributed by atoms with Gasteiger partial charge in [-0.2, -0.15) is 0 Å². The van der Waals surface area contributed by atoms with E-state index in [-0.39, 0.29) is 24.4 Å². The summed E-state index contributed by atoms with van der Waals surface area (Å²) in [5.74, 6) is -2.22. The lowest BCUT2D eigenvalue weighted by Crippen LogP contribution is -2.48. The molecule has 4 rings (SSSR count). The molecule has 1 aliphatic rings. The third-order valence-corrected chi connectivity index (χ3v) is 7.58. The fourth-order valence-electron chi connectivity index (χ4n) is 5.27. The number of nitrogens with one attached hydrogen (secondary N) is 2. The molecule has 3 aromatic rings. The van der Waals surface area contributed by atoms with Crippen LogP contribution in [-0.2, 0) is 19.4 Å². The first-order valence-corrected chi connectivity index (χ1v) is 14.4. The molecule has 1 aliphatic heterocycles. The standard InChI is InChI=1S/C33H39F2N3O4/c1-3-22-5-4-6-23(13-22)19-36-20-31(40)30(16-24-14-27(34)18-28(35)15-24)37-32(41)25-11-21(2)12-26(17-25)33(42)38-9-7-29(39)8-10-38/h4-6,11-15,17-18,29-31,36,39-40H,3,7-10,16,19-20H2,1-2H3,(H,37,41)/t30-,31-/m0/s1. The van der Waals surface area contributed by atoms with Gasteiger partial charge in [0.15, 0.2) is 0 Å². The second-order valence-electron chi connectivity index (χ2n) is 11.0. The number of amides is 2. The lowest BCUT2D eigenvalue weighted by molar-refractivity contribution is 0.0546. The van der Waals surface area contributed by atoms with Crippen LogP contribution in [0.3, 0.4) is 0 Å². The number of rotatable bonds is 11. The van der Waals surface area contributed by atoms with E-state index in [4.69, 9.17) is 0 Å². The number of likely N-dealkylation sites (tertiary alicyclic amines) is 1. The van der Waals surface area contributed by atoms with Crippen LogP contribution in [-0.4, -0.2) is 64.8 Å². The second kappa shape index (κ2) is 14.5. The average molecular weight is 580 g/mol. The molecule has 0 aliphatic carbocycles. The molecule has 0 radical (unpaired) electrons. The van der Waals surface area contributed by atoms with Crippen LogP contribution in [0.25, 0.3) is 0 Å². The molecule has 2 atom stereocenters. The lowest BCUT2D eigenvalue weighted by atomic mass is 9.99. The van der Waals surface area contributed by atoms with E-state index < -0.39 is 35.8 Å². The number of aliphatic hydroxyl groups is 2. The molecule has 2 amide bonds. The van der Waals surface area contributed by atoms with Crippen molar-refractivity contribution in [3.05, 3.63) is 106 Å².